The second kappa shape index (κ2) is 5.68. The van der Waals surface area contributed by atoms with Crippen molar-refractivity contribution in [2.75, 3.05) is 7.05 Å². The third-order valence-corrected chi connectivity index (χ3v) is 4.75. The molecule has 1 aliphatic rings. The first kappa shape index (κ1) is 17.0. The van der Waals surface area contributed by atoms with Gasteiger partial charge in [-0.2, -0.15) is 0 Å². The van der Waals surface area contributed by atoms with Crippen molar-refractivity contribution in [2.24, 2.45) is 0 Å². The normalized spacial score (nSPS) is 19.1. The lowest BCUT2D eigenvalue weighted by molar-refractivity contribution is 0.00578. The molecule has 2 N–H and O–H groups in total. The van der Waals surface area contributed by atoms with Crippen molar-refractivity contribution in [3.05, 3.63) is 28.3 Å². The Balaban J connectivity index is 2.47. The summed E-state index contributed by atoms with van der Waals surface area (Å²) >= 11 is 6.39. The van der Waals surface area contributed by atoms with Gasteiger partial charge in [0.2, 0.25) is 0 Å². The maximum Gasteiger partial charge on any atom is 0.496 e. The van der Waals surface area contributed by atoms with Crippen molar-refractivity contribution >= 4 is 36.3 Å². The summed E-state index contributed by atoms with van der Waals surface area (Å²) < 4.78 is 11.9. The van der Waals surface area contributed by atoms with Crippen LogP contribution in [-0.4, -0.2) is 37.5 Å². The summed E-state index contributed by atoms with van der Waals surface area (Å²) in [6.07, 6.45) is 1.07. The fourth-order valence-electron chi connectivity index (χ4n) is 2.24. The predicted octanol–water partition coefficient (Wildman–Crippen LogP) is 2.00. The van der Waals surface area contributed by atoms with E-state index in [0.29, 0.717) is 21.6 Å². The minimum Gasteiger partial charge on any atom is -0.399 e. The molecule has 0 spiro atoms. The zero-order chi connectivity index (χ0) is 16.7. The van der Waals surface area contributed by atoms with E-state index in [9.17, 15) is 4.79 Å². The van der Waals surface area contributed by atoms with Gasteiger partial charge < -0.3 is 20.0 Å². The summed E-state index contributed by atoms with van der Waals surface area (Å²) in [5.41, 5.74) is 0.360. The first-order valence-electron chi connectivity index (χ1n) is 7.05. The third kappa shape index (κ3) is 2.66. The molecular weight excluding hydrogens is 302 g/mol. The summed E-state index contributed by atoms with van der Waals surface area (Å²) in [6, 6.07) is 3.34. The Kier molecular flexibility index (Phi) is 4.39. The molecule has 0 atom stereocenters. The quantitative estimate of drug-likeness (QED) is 0.660. The van der Waals surface area contributed by atoms with E-state index >= 15 is 0 Å². The van der Waals surface area contributed by atoms with Crippen molar-refractivity contribution in [3.8, 4) is 0 Å². The van der Waals surface area contributed by atoms with Gasteiger partial charge in [0, 0.05) is 34.9 Å². The molecule has 1 amide bonds. The Morgan fingerprint density at radius 2 is 1.82 bits per heavy atom. The first-order valence-corrected chi connectivity index (χ1v) is 7.43. The van der Waals surface area contributed by atoms with Crippen LogP contribution in [-0.2, 0) is 9.31 Å². The summed E-state index contributed by atoms with van der Waals surface area (Å²) in [5.74, 6) is -0.291. The Hall–Kier alpha value is -1.37. The molecule has 22 heavy (non-hydrogen) atoms. The average Bonchev–Trinajstić information content (AvgIpc) is 2.65. The third-order valence-electron chi connectivity index (χ3n) is 4.33. The monoisotopic (exact) mass is 322 g/mol. The van der Waals surface area contributed by atoms with Crippen LogP contribution >= 0.6 is 11.6 Å². The van der Waals surface area contributed by atoms with Crippen LogP contribution in [0.3, 0.4) is 0 Å². The zero-order valence-electron chi connectivity index (χ0n) is 13.4. The molecule has 0 aromatic heterocycles. The lowest BCUT2D eigenvalue weighted by Crippen LogP contribution is -2.41. The summed E-state index contributed by atoms with van der Waals surface area (Å²) in [6.45, 7) is 7.82. The van der Waals surface area contributed by atoms with Gasteiger partial charge >= 0.3 is 7.12 Å². The minimum absolute atomic E-state index is 0.291. The molecule has 2 rings (SSSR count). The number of benzene rings is 1. The van der Waals surface area contributed by atoms with E-state index in [0.717, 1.165) is 6.21 Å². The van der Waals surface area contributed by atoms with Crippen LogP contribution in [0, 0.1) is 5.41 Å². The number of halogens is 1. The molecule has 1 fully saturated rings. The van der Waals surface area contributed by atoms with Crippen molar-refractivity contribution in [3.63, 3.8) is 0 Å². The molecule has 0 unspecified atom stereocenters. The van der Waals surface area contributed by atoms with Gasteiger partial charge in [-0.05, 0) is 33.8 Å². The Labute approximate surface area is 136 Å². The van der Waals surface area contributed by atoms with Crippen LogP contribution in [0.15, 0.2) is 12.1 Å². The van der Waals surface area contributed by atoms with Gasteiger partial charge in [0.15, 0.2) is 0 Å². The van der Waals surface area contributed by atoms with Crippen LogP contribution in [0.4, 0.5) is 0 Å². The van der Waals surface area contributed by atoms with Crippen LogP contribution < -0.4 is 10.8 Å². The van der Waals surface area contributed by atoms with Crippen molar-refractivity contribution in [1.82, 2.24) is 5.32 Å². The number of nitrogens with one attached hydrogen (secondary N) is 2. The molecular formula is C15H20BClN2O3. The maximum atomic E-state index is 11.8. The minimum atomic E-state index is -0.630. The second-order valence-electron chi connectivity index (χ2n) is 6.24. The number of rotatable bonds is 3. The van der Waals surface area contributed by atoms with Crippen molar-refractivity contribution < 1.29 is 14.1 Å². The smallest absolute Gasteiger partial charge is 0.399 e. The zero-order valence-corrected chi connectivity index (χ0v) is 14.2. The fraction of sp³-hybridized carbons (Fsp3) is 0.467. The van der Waals surface area contributed by atoms with E-state index in [1.165, 1.54) is 7.05 Å². The van der Waals surface area contributed by atoms with Gasteiger partial charge in [0.25, 0.3) is 5.91 Å². The van der Waals surface area contributed by atoms with Crippen LogP contribution in [0.5, 0.6) is 0 Å². The summed E-state index contributed by atoms with van der Waals surface area (Å²) in [7, 11) is 0.904. The molecule has 1 saturated heterocycles. The topological polar surface area (TPSA) is 71.4 Å². The molecule has 0 aliphatic carbocycles. The van der Waals surface area contributed by atoms with Gasteiger partial charge in [0.05, 0.1) is 11.2 Å². The lowest BCUT2D eigenvalue weighted by Gasteiger charge is -2.32. The van der Waals surface area contributed by atoms with E-state index in [1.807, 2.05) is 27.7 Å². The predicted molar refractivity (Wildman–Crippen MR) is 88.4 cm³/mol. The molecule has 1 heterocycles. The number of hydrogen-bond acceptors (Lipinski definition) is 4. The van der Waals surface area contributed by atoms with E-state index < -0.39 is 18.3 Å². The first-order chi connectivity index (χ1) is 10.1. The van der Waals surface area contributed by atoms with E-state index in [2.05, 4.69) is 5.32 Å². The van der Waals surface area contributed by atoms with Gasteiger partial charge in [-0.3, -0.25) is 4.79 Å². The highest BCUT2D eigenvalue weighted by atomic mass is 35.5. The molecule has 5 nitrogen and oxygen atoms in total. The highest BCUT2D eigenvalue weighted by Crippen LogP contribution is 2.37. The Morgan fingerprint density at radius 1 is 1.27 bits per heavy atom. The molecule has 1 aromatic carbocycles. The molecule has 0 saturated carbocycles. The number of hydrogen-bond donors (Lipinski definition) is 2. The SMILES string of the molecule is CNC(=O)c1ccc(B2OC(C)(C)C(C)(C)O2)c(Cl)c1C=N. The molecule has 7 heteroatoms. The van der Waals surface area contributed by atoms with Crippen LogP contribution in [0.1, 0.15) is 43.6 Å². The lowest BCUT2D eigenvalue weighted by atomic mass is 9.77. The Morgan fingerprint density at radius 3 is 2.27 bits per heavy atom. The molecule has 118 valence electrons. The molecule has 0 radical (unpaired) electrons. The van der Waals surface area contributed by atoms with Gasteiger partial charge in [-0.1, -0.05) is 17.7 Å². The van der Waals surface area contributed by atoms with E-state index in [-0.39, 0.29) is 5.91 Å². The van der Waals surface area contributed by atoms with Gasteiger partial charge in [-0.25, -0.2) is 0 Å². The standard InChI is InChI=1S/C15H20BClN2O3/c1-14(2)15(3,4)22-16(21-14)11-7-6-9(13(20)19-5)10(8-18)12(11)17/h6-8,18H,1-5H3,(H,19,20). The number of carbonyl (C=O) groups excluding carboxylic acids is 1. The van der Waals surface area contributed by atoms with Crippen LogP contribution in [0.25, 0.3) is 0 Å². The molecule has 1 aliphatic heterocycles. The summed E-state index contributed by atoms with van der Waals surface area (Å²) in [4.78, 5) is 11.8. The molecule has 1 aromatic rings. The highest BCUT2D eigenvalue weighted by molar-refractivity contribution is 6.66. The van der Waals surface area contributed by atoms with E-state index in [1.54, 1.807) is 12.1 Å². The average molecular weight is 323 g/mol. The maximum absolute atomic E-state index is 11.8. The fourth-order valence-corrected chi connectivity index (χ4v) is 2.54. The van der Waals surface area contributed by atoms with Crippen LogP contribution in [0.2, 0.25) is 5.02 Å². The number of carbonyl (C=O) groups is 1. The summed E-state index contributed by atoms with van der Waals surface area (Å²) in [5, 5.41) is 10.4. The number of amides is 1. The largest absolute Gasteiger partial charge is 0.496 e. The Bertz CT molecular complexity index is 615. The van der Waals surface area contributed by atoms with Crippen molar-refractivity contribution in [1.29, 1.82) is 5.41 Å². The van der Waals surface area contributed by atoms with Crippen molar-refractivity contribution in [2.45, 2.75) is 38.9 Å². The second-order valence-corrected chi connectivity index (χ2v) is 6.62. The van der Waals surface area contributed by atoms with E-state index in [4.69, 9.17) is 26.3 Å². The van der Waals surface area contributed by atoms with Gasteiger partial charge in [-0.15, -0.1) is 0 Å². The molecule has 0 bridgehead atoms. The highest BCUT2D eigenvalue weighted by Gasteiger charge is 2.52. The van der Waals surface area contributed by atoms with Gasteiger partial charge in [0.1, 0.15) is 0 Å².